The quantitative estimate of drug-likeness (QED) is 0.778. The Morgan fingerprint density at radius 1 is 1.35 bits per heavy atom. The molecule has 0 bridgehead atoms. The monoisotopic (exact) mass is 280 g/mol. The average molecular weight is 280 g/mol. The van der Waals surface area contributed by atoms with Gasteiger partial charge < -0.3 is 14.5 Å². The van der Waals surface area contributed by atoms with Crippen molar-refractivity contribution in [3.05, 3.63) is 18.3 Å². The first-order valence-corrected chi connectivity index (χ1v) is 7.25. The molecular formula is C14H21FN4O. The fraction of sp³-hybridized carbons (Fsp3) is 0.714. The van der Waals surface area contributed by atoms with E-state index in [1.165, 1.54) is 38.3 Å². The average Bonchev–Trinajstić information content (AvgIpc) is 3.08. The van der Waals surface area contributed by atoms with E-state index < -0.39 is 5.95 Å². The van der Waals surface area contributed by atoms with E-state index in [2.05, 4.69) is 19.8 Å². The molecule has 0 aliphatic carbocycles. The highest BCUT2D eigenvalue weighted by Gasteiger charge is 2.34. The highest BCUT2D eigenvalue weighted by Crippen LogP contribution is 2.27. The van der Waals surface area contributed by atoms with Crippen LogP contribution in [-0.4, -0.2) is 60.3 Å². The molecule has 0 amide bonds. The Kier molecular flexibility index (Phi) is 4.12. The Morgan fingerprint density at radius 2 is 2.15 bits per heavy atom. The molecule has 2 fully saturated rings. The molecule has 110 valence electrons. The smallest absolute Gasteiger partial charge is 0.218 e. The van der Waals surface area contributed by atoms with Gasteiger partial charge in [0.2, 0.25) is 5.95 Å². The van der Waals surface area contributed by atoms with Gasteiger partial charge in [0, 0.05) is 32.3 Å². The zero-order valence-corrected chi connectivity index (χ0v) is 11.8. The minimum Gasteiger partial charge on any atom is -0.380 e. The third-order valence-corrected chi connectivity index (χ3v) is 4.29. The molecule has 2 aliphatic heterocycles. The van der Waals surface area contributed by atoms with Crippen LogP contribution in [0.5, 0.6) is 0 Å². The van der Waals surface area contributed by atoms with Crippen LogP contribution in [0.2, 0.25) is 0 Å². The second-order valence-corrected chi connectivity index (χ2v) is 5.61. The van der Waals surface area contributed by atoms with E-state index in [9.17, 15) is 4.39 Å². The van der Waals surface area contributed by atoms with Gasteiger partial charge in [-0.05, 0) is 32.4 Å². The minimum absolute atomic E-state index is 0.195. The number of likely N-dealkylation sites (tertiary alicyclic amines) is 1. The van der Waals surface area contributed by atoms with E-state index in [0.29, 0.717) is 11.9 Å². The molecule has 0 unspecified atom stereocenters. The lowest BCUT2D eigenvalue weighted by Crippen LogP contribution is -2.39. The van der Waals surface area contributed by atoms with Crippen LogP contribution in [0.25, 0.3) is 0 Å². The fourth-order valence-corrected chi connectivity index (χ4v) is 3.24. The van der Waals surface area contributed by atoms with Crippen LogP contribution in [0.1, 0.15) is 19.3 Å². The molecule has 2 atom stereocenters. The predicted molar refractivity (Wildman–Crippen MR) is 74.2 cm³/mol. The molecule has 0 radical (unpaired) electrons. The number of nitrogens with zero attached hydrogens (tertiary/aromatic N) is 4. The topological polar surface area (TPSA) is 41.5 Å². The number of hydrogen-bond donors (Lipinski definition) is 0. The summed E-state index contributed by atoms with van der Waals surface area (Å²) in [4.78, 5) is 12.4. The van der Waals surface area contributed by atoms with E-state index in [4.69, 9.17) is 4.74 Å². The van der Waals surface area contributed by atoms with Gasteiger partial charge in [0.1, 0.15) is 12.1 Å². The summed E-state index contributed by atoms with van der Waals surface area (Å²) >= 11 is 0. The maximum absolute atomic E-state index is 13.3. The number of aromatic nitrogens is 2. The standard InChI is InChI=1S/C14H21FN4O/c1-20-12-6-11(8-18-4-2-3-5-18)19(9-12)14-7-13(15)16-10-17-14/h7,10-12H,2-6,8-9H2,1H3/t11-,12-/m1/s1. The van der Waals surface area contributed by atoms with E-state index in [0.717, 1.165) is 19.5 Å². The third-order valence-electron chi connectivity index (χ3n) is 4.29. The number of hydrogen-bond acceptors (Lipinski definition) is 5. The molecule has 0 aromatic carbocycles. The molecule has 20 heavy (non-hydrogen) atoms. The largest absolute Gasteiger partial charge is 0.380 e. The second kappa shape index (κ2) is 6.01. The summed E-state index contributed by atoms with van der Waals surface area (Å²) in [5, 5.41) is 0. The molecule has 2 aliphatic rings. The summed E-state index contributed by atoms with van der Waals surface area (Å²) in [6.45, 7) is 4.11. The highest BCUT2D eigenvalue weighted by molar-refractivity contribution is 5.40. The minimum atomic E-state index is -0.476. The van der Waals surface area contributed by atoms with E-state index in [1.807, 2.05) is 0 Å². The van der Waals surface area contributed by atoms with Crippen LogP contribution in [-0.2, 0) is 4.74 Å². The van der Waals surface area contributed by atoms with Crippen molar-refractivity contribution in [3.8, 4) is 0 Å². The van der Waals surface area contributed by atoms with Crippen molar-refractivity contribution in [1.29, 1.82) is 0 Å². The first-order chi connectivity index (χ1) is 9.76. The Labute approximate surface area is 118 Å². The Hall–Kier alpha value is -1.27. The first kappa shape index (κ1) is 13.7. The molecule has 6 heteroatoms. The van der Waals surface area contributed by atoms with Crippen LogP contribution in [0.4, 0.5) is 10.2 Å². The third kappa shape index (κ3) is 2.91. The molecule has 1 aromatic heterocycles. The summed E-state index contributed by atoms with van der Waals surface area (Å²) < 4.78 is 18.8. The van der Waals surface area contributed by atoms with Crippen LogP contribution >= 0.6 is 0 Å². The Balaban J connectivity index is 1.74. The van der Waals surface area contributed by atoms with Crippen molar-refractivity contribution in [2.45, 2.75) is 31.4 Å². The number of rotatable bonds is 4. The van der Waals surface area contributed by atoms with Crippen LogP contribution < -0.4 is 4.90 Å². The number of halogens is 1. The van der Waals surface area contributed by atoms with Crippen LogP contribution in [0.3, 0.4) is 0 Å². The van der Waals surface area contributed by atoms with Crippen molar-refractivity contribution < 1.29 is 9.13 Å². The maximum atomic E-state index is 13.3. The first-order valence-electron chi connectivity index (χ1n) is 7.25. The molecule has 3 rings (SSSR count). The maximum Gasteiger partial charge on any atom is 0.218 e. The SMILES string of the molecule is CO[C@@H]1C[C@H](CN2CCCC2)N(c2cc(F)ncn2)C1. The van der Waals surface area contributed by atoms with Crippen molar-refractivity contribution in [1.82, 2.24) is 14.9 Å². The van der Waals surface area contributed by atoms with Crippen molar-refractivity contribution in [2.75, 3.05) is 38.2 Å². The lowest BCUT2D eigenvalue weighted by molar-refractivity contribution is 0.116. The van der Waals surface area contributed by atoms with E-state index in [1.54, 1.807) is 7.11 Å². The summed E-state index contributed by atoms with van der Waals surface area (Å²) in [5.74, 6) is 0.192. The van der Waals surface area contributed by atoms with Crippen molar-refractivity contribution in [2.24, 2.45) is 0 Å². The zero-order chi connectivity index (χ0) is 13.9. The molecule has 3 heterocycles. The van der Waals surface area contributed by atoms with E-state index >= 15 is 0 Å². The molecular weight excluding hydrogens is 259 g/mol. The zero-order valence-electron chi connectivity index (χ0n) is 11.8. The molecule has 0 saturated carbocycles. The number of methoxy groups -OCH3 is 1. The van der Waals surface area contributed by atoms with Crippen LogP contribution in [0, 0.1) is 5.95 Å². The van der Waals surface area contributed by atoms with E-state index in [-0.39, 0.29) is 6.10 Å². The Bertz CT molecular complexity index is 453. The van der Waals surface area contributed by atoms with Gasteiger partial charge in [-0.15, -0.1) is 0 Å². The summed E-state index contributed by atoms with van der Waals surface area (Å²) in [6, 6.07) is 1.75. The van der Waals surface area contributed by atoms with Gasteiger partial charge in [0.25, 0.3) is 0 Å². The van der Waals surface area contributed by atoms with Gasteiger partial charge in [0.05, 0.1) is 6.10 Å². The highest BCUT2D eigenvalue weighted by atomic mass is 19.1. The van der Waals surface area contributed by atoms with Crippen LogP contribution in [0.15, 0.2) is 12.4 Å². The second-order valence-electron chi connectivity index (χ2n) is 5.61. The van der Waals surface area contributed by atoms with Gasteiger partial charge in [-0.1, -0.05) is 0 Å². The van der Waals surface area contributed by atoms with Gasteiger partial charge in [-0.3, -0.25) is 0 Å². The predicted octanol–water partition coefficient (Wildman–Crippen LogP) is 1.31. The van der Waals surface area contributed by atoms with Gasteiger partial charge in [-0.25, -0.2) is 9.97 Å². The van der Waals surface area contributed by atoms with Crippen molar-refractivity contribution in [3.63, 3.8) is 0 Å². The molecule has 1 aromatic rings. The van der Waals surface area contributed by atoms with Gasteiger partial charge in [0.15, 0.2) is 0 Å². The number of ether oxygens (including phenoxy) is 1. The lowest BCUT2D eigenvalue weighted by Gasteiger charge is -2.28. The normalized spacial score (nSPS) is 27.4. The lowest BCUT2D eigenvalue weighted by atomic mass is 10.2. The number of anilines is 1. The summed E-state index contributed by atoms with van der Waals surface area (Å²) in [7, 11) is 1.74. The van der Waals surface area contributed by atoms with Gasteiger partial charge >= 0.3 is 0 Å². The molecule has 0 spiro atoms. The molecule has 0 N–H and O–H groups in total. The van der Waals surface area contributed by atoms with Crippen molar-refractivity contribution >= 4 is 5.82 Å². The summed E-state index contributed by atoms with van der Waals surface area (Å²) in [5.41, 5.74) is 0. The Morgan fingerprint density at radius 3 is 2.85 bits per heavy atom. The molecule has 2 saturated heterocycles. The van der Waals surface area contributed by atoms with Gasteiger partial charge in [-0.2, -0.15) is 4.39 Å². The molecule has 5 nitrogen and oxygen atoms in total. The fourth-order valence-electron chi connectivity index (χ4n) is 3.24. The summed E-state index contributed by atoms with van der Waals surface area (Å²) in [6.07, 6.45) is 5.02.